The largest absolute Gasteiger partial charge is 0.352 e. The van der Waals surface area contributed by atoms with Crippen molar-refractivity contribution in [1.82, 2.24) is 9.38 Å². The summed E-state index contributed by atoms with van der Waals surface area (Å²) in [4.78, 5) is 8.39. The number of nitrogens with zero attached hydrogens (tertiary/aromatic N) is 3. The maximum Gasteiger partial charge on any atom is 0.195 e. The molecule has 0 N–H and O–H groups in total. The van der Waals surface area contributed by atoms with Crippen molar-refractivity contribution in [1.29, 1.82) is 0 Å². The standard InChI is InChI=1S/C14H20ClN3S/c1-2-11-6-4-3-5-7-17(11)13-12(10-15)18-8-9-19-14(18)16-13/h8-9,11H,2-7,10H2,1H3. The Morgan fingerprint density at radius 3 is 3.11 bits per heavy atom. The van der Waals surface area contributed by atoms with E-state index >= 15 is 0 Å². The van der Waals surface area contributed by atoms with Crippen LogP contribution in [0.5, 0.6) is 0 Å². The highest BCUT2D eigenvalue weighted by molar-refractivity contribution is 7.15. The fourth-order valence-corrected chi connectivity index (χ4v) is 4.03. The average molecular weight is 298 g/mol. The first-order chi connectivity index (χ1) is 9.35. The molecule has 3 rings (SSSR count). The lowest BCUT2D eigenvalue weighted by Crippen LogP contribution is -2.35. The summed E-state index contributed by atoms with van der Waals surface area (Å²) in [6.07, 6.45) is 8.49. The minimum absolute atomic E-state index is 0.528. The van der Waals surface area contributed by atoms with Crippen molar-refractivity contribution in [2.24, 2.45) is 0 Å². The molecule has 1 atom stereocenters. The zero-order valence-corrected chi connectivity index (χ0v) is 12.9. The molecule has 0 aromatic carbocycles. The van der Waals surface area contributed by atoms with E-state index in [9.17, 15) is 0 Å². The van der Waals surface area contributed by atoms with Gasteiger partial charge in [-0.2, -0.15) is 0 Å². The zero-order valence-electron chi connectivity index (χ0n) is 11.3. The van der Waals surface area contributed by atoms with Crippen molar-refractivity contribution in [3.05, 3.63) is 17.3 Å². The van der Waals surface area contributed by atoms with Gasteiger partial charge in [-0.25, -0.2) is 4.98 Å². The van der Waals surface area contributed by atoms with Gasteiger partial charge >= 0.3 is 0 Å². The normalized spacial score (nSPS) is 20.9. The van der Waals surface area contributed by atoms with E-state index in [4.69, 9.17) is 16.6 Å². The van der Waals surface area contributed by atoms with Crippen LogP contribution < -0.4 is 4.90 Å². The Kier molecular flexibility index (Phi) is 3.99. The van der Waals surface area contributed by atoms with Gasteiger partial charge in [-0.15, -0.1) is 22.9 Å². The first-order valence-electron chi connectivity index (χ1n) is 7.12. The lowest BCUT2D eigenvalue weighted by molar-refractivity contribution is 0.552. The van der Waals surface area contributed by atoms with Gasteiger partial charge in [0.25, 0.3) is 0 Å². The SMILES string of the molecule is CCC1CCCCCN1c1nc2sccn2c1CCl. The Hall–Kier alpha value is -0.740. The molecule has 5 heteroatoms. The minimum Gasteiger partial charge on any atom is -0.352 e. The van der Waals surface area contributed by atoms with Crippen molar-refractivity contribution < 1.29 is 0 Å². The Balaban J connectivity index is 2.02. The molecule has 0 radical (unpaired) electrons. The van der Waals surface area contributed by atoms with Gasteiger partial charge in [0.2, 0.25) is 0 Å². The van der Waals surface area contributed by atoms with Gasteiger partial charge in [-0.1, -0.05) is 19.8 Å². The van der Waals surface area contributed by atoms with Gasteiger partial charge in [0, 0.05) is 24.2 Å². The van der Waals surface area contributed by atoms with Crippen molar-refractivity contribution in [2.75, 3.05) is 11.4 Å². The molecule has 19 heavy (non-hydrogen) atoms. The van der Waals surface area contributed by atoms with Gasteiger partial charge in [-0.3, -0.25) is 4.40 Å². The van der Waals surface area contributed by atoms with E-state index in [1.54, 1.807) is 11.3 Å². The van der Waals surface area contributed by atoms with Gasteiger partial charge in [0.15, 0.2) is 10.8 Å². The third-order valence-corrected chi connectivity index (χ3v) is 5.10. The number of rotatable bonds is 3. The highest BCUT2D eigenvalue weighted by Gasteiger charge is 2.25. The summed E-state index contributed by atoms with van der Waals surface area (Å²) in [5.41, 5.74) is 1.15. The molecule has 2 aromatic rings. The fourth-order valence-electron chi connectivity index (χ4n) is 3.06. The summed E-state index contributed by atoms with van der Waals surface area (Å²) in [6, 6.07) is 0.620. The molecule has 0 amide bonds. The molecule has 1 saturated heterocycles. The Morgan fingerprint density at radius 2 is 2.32 bits per heavy atom. The smallest absolute Gasteiger partial charge is 0.195 e. The Labute approximate surface area is 123 Å². The number of thiazole rings is 1. The van der Waals surface area contributed by atoms with Crippen LogP contribution in [0, 0.1) is 0 Å². The number of hydrogen-bond donors (Lipinski definition) is 0. The number of imidazole rings is 1. The second kappa shape index (κ2) is 5.71. The molecular weight excluding hydrogens is 278 g/mol. The molecule has 0 aliphatic carbocycles. The van der Waals surface area contributed by atoms with Crippen LogP contribution in [0.3, 0.4) is 0 Å². The third-order valence-electron chi connectivity index (χ3n) is 4.09. The summed E-state index contributed by atoms with van der Waals surface area (Å²) >= 11 is 7.86. The molecule has 104 valence electrons. The second-order valence-electron chi connectivity index (χ2n) is 5.18. The topological polar surface area (TPSA) is 20.5 Å². The number of halogens is 1. The summed E-state index contributed by atoms with van der Waals surface area (Å²) in [5, 5.41) is 2.07. The lowest BCUT2D eigenvalue weighted by Gasteiger charge is -2.30. The molecule has 1 aliphatic heterocycles. The number of fused-ring (bicyclic) bond motifs is 1. The number of hydrogen-bond acceptors (Lipinski definition) is 3. The van der Waals surface area contributed by atoms with Gasteiger partial charge in [0.1, 0.15) is 0 Å². The van der Waals surface area contributed by atoms with Gasteiger partial charge in [0.05, 0.1) is 11.6 Å². The molecule has 3 nitrogen and oxygen atoms in total. The molecule has 1 aliphatic rings. The predicted molar refractivity (Wildman–Crippen MR) is 82.5 cm³/mol. The monoisotopic (exact) mass is 297 g/mol. The van der Waals surface area contributed by atoms with Crippen LogP contribution in [0.25, 0.3) is 4.96 Å². The van der Waals surface area contributed by atoms with Crippen LogP contribution in [0.4, 0.5) is 5.82 Å². The van der Waals surface area contributed by atoms with Crippen LogP contribution in [0.15, 0.2) is 11.6 Å². The predicted octanol–water partition coefficient (Wildman–Crippen LogP) is 4.29. The molecule has 0 spiro atoms. The van der Waals surface area contributed by atoms with E-state index < -0.39 is 0 Å². The molecule has 1 fully saturated rings. The van der Waals surface area contributed by atoms with Gasteiger partial charge in [-0.05, 0) is 19.3 Å². The Morgan fingerprint density at radius 1 is 1.42 bits per heavy atom. The van der Waals surface area contributed by atoms with Crippen LogP contribution in [0.1, 0.15) is 44.7 Å². The van der Waals surface area contributed by atoms with Crippen LogP contribution in [0.2, 0.25) is 0 Å². The van der Waals surface area contributed by atoms with Crippen LogP contribution in [-0.2, 0) is 5.88 Å². The van der Waals surface area contributed by atoms with E-state index in [1.165, 1.54) is 32.1 Å². The highest BCUT2D eigenvalue weighted by Crippen LogP contribution is 2.31. The molecular formula is C14H20ClN3S. The molecule has 1 unspecified atom stereocenters. The third kappa shape index (κ3) is 2.36. The number of alkyl halides is 1. The van der Waals surface area contributed by atoms with Crippen molar-refractivity contribution >= 4 is 33.7 Å². The first kappa shape index (κ1) is 13.3. The summed E-state index contributed by atoms with van der Waals surface area (Å²) in [7, 11) is 0. The summed E-state index contributed by atoms with van der Waals surface area (Å²) in [5.74, 6) is 1.65. The number of aromatic nitrogens is 2. The van der Waals surface area contributed by atoms with E-state index in [2.05, 4.69) is 27.8 Å². The molecule has 2 aromatic heterocycles. The van der Waals surface area contributed by atoms with E-state index in [1.807, 2.05) is 0 Å². The number of anilines is 1. The minimum atomic E-state index is 0.528. The quantitative estimate of drug-likeness (QED) is 0.788. The van der Waals surface area contributed by atoms with E-state index in [0.29, 0.717) is 11.9 Å². The lowest BCUT2D eigenvalue weighted by atomic mass is 10.1. The summed E-state index contributed by atoms with van der Waals surface area (Å²) in [6.45, 7) is 3.40. The van der Waals surface area contributed by atoms with Gasteiger partial charge < -0.3 is 4.90 Å². The zero-order chi connectivity index (χ0) is 13.2. The van der Waals surface area contributed by atoms with Crippen LogP contribution >= 0.6 is 22.9 Å². The van der Waals surface area contributed by atoms with Crippen LogP contribution in [-0.4, -0.2) is 22.0 Å². The highest BCUT2D eigenvalue weighted by atomic mass is 35.5. The molecule has 0 bridgehead atoms. The van der Waals surface area contributed by atoms with Crippen molar-refractivity contribution in [3.8, 4) is 0 Å². The van der Waals surface area contributed by atoms with E-state index in [0.717, 1.165) is 23.0 Å². The second-order valence-corrected chi connectivity index (χ2v) is 6.32. The first-order valence-corrected chi connectivity index (χ1v) is 8.53. The molecule has 3 heterocycles. The fraction of sp³-hybridized carbons (Fsp3) is 0.643. The van der Waals surface area contributed by atoms with E-state index in [-0.39, 0.29) is 0 Å². The Bertz CT molecular complexity index is 548. The maximum atomic E-state index is 6.18. The average Bonchev–Trinajstić information content (AvgIpc) is 2.91. The molecule has 0 saturated carbocycles. The van der Waals surface area contributed by atoms with Crippen molar-refractivity contribution in [2.45, 2.75) is 50.9 Å². The summed E-state index contributed by atoms with van der Waals surface area (Å²) < 4.78 is 2.14. The van der Waals surface area contributed by atoms with Crippen molar-refractivity contribution in [3.63, 3.8) is 0 Å². The maximum absolute atomic E-state index is 6.18.